The second-order valence-corrected chi connectivity index (χ2v) is 7.48. The monoisotopic (exact) mass is 331 g/mol. The Hall–Kier alpha value is -2.28. The van der Waals surface area contributed by atoms with Crippen LogP contribution >= 0.6 is 0 Å². The highest BCUT2D eigenvalue weighted by molar-refractivity contribution is 5.83. The summed E-state index contributed by atoms with van der Waals surface area (Å²) < 4.78 is 5.41. The van der Waals surface area contributed by atoms with Gasteiger partial charge in [0.2, 0.25) is 5.82 Å². The summed E-state index contributed by atoms with van der Waals surface area (Å²) in [6.45, 7) is 9.77. The molecular weight excluding hydrogens is 306 g/mol. The van der Waals surface area contributed by atoms with Crippen LogP contribution in [-0.4, -0.2) is 32.7 Å². The predicted molar refractivity (Wildman–Crippen MR) is 90.8 cm³/mol. The molecule has 1 heterocycles. The highest BCUT2D eigenvalue weighted by atomic mass is 16.5. The van der Waals surface area contributed by atoms with E-state index in [2.05, 4.69) is 20.6 Å². The summed E-state index contributed by atoms with van der Waals surface area (Å²) >= 11 is 0. The Labute approximate surface area is 142 Å². The first-order chi connectivity index (χ1) is 11.1. The third kappa shape index (κ3) is 4.17. The number of hydrogen-bond acceptors (Lipinski definition) is 6. The van der Waals surface area contributed by atoms with Crippen LogP contribution in [0.4, 0.5) is 0 Å². The van der Waals surface area contributed by atoms with Gasteiger partial charge in [0.15, 0.2) is 0 Å². The van der Waals surface area contributed by atoms with E-state index in [9.17, 15) is 4.79 Å². The molecule has 0 saturated heterocycles. The van der Waals surface area contributed by atoms with E-state index in [0.717, 1.165) is 5.56 Å². The lowest BCUT2D eigenvalue weighted by Gasteiger charge is -2.34. The minimum absolute atomic E-state index is 0.142. The van der Waals surface area contributed by atoms with Gasteiger partial charge < -0.3 is 10.5 Å². The van der Waals surface area contributed by atoms with Gasteiger partial charge in [-0.25, -0.2) is 4.79 Å². The molecule has 0 radical (unpaired) electrons. The number of esters is 1. The number of nitrogens with zero attached hydrogens (tertiary/aromatic N) is 3. The van der Waals surface area contributed by atoms with E-state index in [-0.39, 0.29) is 11.5 Å². The normalized spacial score (nSPS) is 14.5. The average Bonchev–Trinajstić information content (AvgIpc) is 2.99. The summed E-state index contributed by atoms with van der Waals surface area (Å²) in [5.41, 5.74) is 6.69. The van der Waals surface area contributed by atoms with Crippen molar-refractivity contribution in [1.29, 1.82) is 0 Å². The van der Waals surface area contributed by atoms with Crippen molar-refractivity contribution in [2.75, 3.05) is 0 Å². The third-order valence-electron chi connectivity index (χ3n) is 3.52. The van der Waals surface area contributed by atoms with Gasteiger partial charge in [-0.3, -0.25) is 0 Å². The van der Waals surface area contributed by atoms with Crippen molar-refractivity contribution >= 4 is 5.97 Å². The molecule has 130 valence electrons. The van der Waals surface area contributed by atoms with Crippen LogP contribution in [0.15, 0.2) is 24.3 Å². The van der Waals surface area contributed by atoms with Gasteiger partial charge in [0.1, 0.15) is 5.54 Å². The largest absolute Gasteiger partial charge is 0.461 e. The summed E-state index contributed by atoms with van der Waals surface area (Å²) in [6.07, 6.45) is 0.242. The Balaban J connectivity index is 2.37. The highest BCUT2D eigenvalue weighted by Gasteiger charge is 2.41. The molecule has 7 heteroatoms. The number of aromatic amines is 1. The molecule has 0 amide bonds. The number of benzene rings is 1. The van der Waals surface area contributed by atoms with Crippen LogP contribution in [0.1, 0.15) is 46.6 Å². The number of carbonyl (C=O) groups is 1. The Kier molecular flexibility index (Phi) is 5.03. The van der Waals surface area contributed by atoms with E-state index >= 15 is 0 Å². The summed E-state index contributed by atoms with van der Waals surface area (Å²) in [5.74, 6) is 0.0736. The van der Waals surface area contributed by atoms with Crippen molar-refractivity contribution in [2.45, 2.75) is 52.7 Å². The first kappa shape index (κ1) is 18.1. The molecule has 0 saturated carbocycles. The fraction of sp³-hybridized carbons (Fsp3) is 0.529. The lowest BCUT2D eigenvalue weighted by Crippen LogP contribution is -2.49. The molecular formula is C17H25N5O2. The molecule has 7 nitrogen and oxygen atoms in total. The zero-order valence-corrected chi connectivity index (χ0v) is 14.8. The lowest BCUT2D eigenvalue weighted by molar-refractivity contribution is -0.156. The first-order valence-corrected chi connectivity index (χ1v) is 7.96. The van der Waals surface area contributed by atoms with Crippen molar-refractivity contribution in [3.63, 3.8) is 0 Å². The molecule has 1 atom stereocenters. The zero-order valence-electron chi connectivity index (χ0n) is 14.8. The van der Waals surface area contributed by atoms with Gasteiger partial charge in [0.05, 0.1) is 6.10 Å². The summed E-state index contributed by atoms with van der Waals surface area (Å²) in [4.78, 5) is 12.7. The Bertz CT molecular complexity index is 674. The fourth-order valence-corrected chi connectivity index (χ4v) is 2.65. The maximum Gasteiger partial charge on any atom is 0.331 e. The van der Waals surface area contributed by atoms with Gasteiger partial charge in [0.25, 0.3) is 0 Å². The van der Waals surface area contributed by atoms with Crippen LogP contribution in [0.25, 0.3) is 11.4 Å². The molecule has 0 bridgehead atoms. The number of nitrogens with two attached hydrogens (primary N) is 1. The van der Waals surface area contributed by atoms with Gasteiger partial charge in [-0.2, -0.15) is 5.21 Å². The highest BCUT2D eigenvalue weighted by Crippen LogP contribution is 2.35. The molecule has 2 aromatic rings. The number of H-pyrrole nitrogens is 1. The SMILES string of the molecule is CC(C)OC(=O)[C@@](N)(CC(C)(C)C)c1ccc(-c2nn[nH]n2)cc1. The number of tetrazole rings is 1. The van der Waals surface area contributed by atoms with Crippen LogP contribution in [0.2, 0.25) is 0 Å². The van der Waals surface area contributed by atoms with Gasteiger partial charge >= 0.3 is 5.97 Å². The van der Waals surface area contributed by atoms with E-state index in [1.54, 1.807) is 0 Å². The molecule has 24 heavy (non-hydrogen) atoms. The Morgan fingerprint density at radius 2 is 1.88 bits per heavy atom. The lowest BCUT2D eigenvalue weighted by atomic mass is 9.76. The number of carbonyl (C=O) groups excluding carboxylic acids is 1. The third-order valence-corrected chi connectivity index (χ3v) is 3.52. The predicted octanol–water partition coefficient (Wildman–Crippen LogP) is 2.41. The van der Waals surface area contributed by atoms with Crippen molar-refractivity contribution in [1.82, 2.24) is 20.6 Å². The standard InChI is InChI=1S/C17H25N5O2/c1-11(2)24-15(23)17(18,10-16(3,4)5)13-8-6-12(7-9-13)14-19-21-22-20-14/h6-9,11H,10,18H2,1-5H3,(H,19,20,21,22)/t17-/m1/s1. The van der Waals surface area contributed by atoms with Gasteiger partial charge in [-0.15, -0.1) is 10.2 Å². The number of rotatable bonds is 5. The van der Waals surface area contributed by atoms with Crippen LogP contribution in [0.3, 0.4) is 0 Å². The number of hydrogen-bond donors (Lipinski definition) is 2. The molecule has 0 spiro atoms. The Morgan fingerprint density at radius 3 is 2.33 bits per heavy atom. The molecule has 0 fully saturated rings. The maximum absolute atomic E-state index is 12.7. The second-order valence-electron chi connectivity index (χ2n) is 7.48. The van der Waals surface area contributed by atoms with Crippen molar-refractivity contribution in [3.05, 3.63) is 29.8 Å². The minimum Gasteiger partial charge on any atom is -0.461 e. The molecule has 1 aromatic carbocycles. The number of nitrogens with one attached hydrogen (secondary N) is 1. The van der Waals surface area contributed by atoms with Gasteiger partial charge in [-0.05, 0) is 36.5 Å². The molecule has 1 aromatic heterocycles. The number of aromatic nitrogens is 4. The second kappa shape index (κ2) is 6.68. The zero-order chi connectivity index (χ0) is 18.0. The van der Waals surface area contributed by atoms with Crippen molar-refractivity contribution in [2.24, 2.45) is 11.1 Å². The van der Waals surface area contributed by atoms with E-state index < -0.39 is 11.5 Å². The summed E-state index contributed by atoms with van der Waals surface area (Å²) in [5, 5.41) is 13.8. The van der Waals surface area contributed by atoms with Crippen LogP contribution in [0.5, 0.6) is 0 Å². The van der Waals surface area contributed by atoms with Crippen LogP contribution in [0, 0.1) is 5.41 Å². The average molecular weight is 331 g/mol. The van der Waals surface area contributed by atoms with Gasteiger partial charge in [0, 0.05) is 5.56 Å². The Morgan fingerprint density at radius 1 is 1.25 bits per heavy atom. The van der Waals surface area contributed by atoms with Gasteiger partial charge in [-0.1, -0.05) is 45.0 Å². The topological polar surface area (TPSA) is 107 Å². The van der Waals surface area contributed by atoms with E-state index in [4.69, 9.17) is 10.5 Å². The van der Waals surface area contributed by atoms with E-state index in [1.807, 2.05) is 58.9 Å². The molecule has 2 rings (SSSR count). The molecule has 0 aliphatic heterocycles. The molecule has 0 aliphatic carbocycles. The molecule has 0 unspecified atom stereocenters. The van der Waals surface area contributed by atoms with Crippen molar-refractivity contribution in [3.8, 4) is 11.4 Å². The van der Waals surface area contributed by atoms with Crippen molar-refractivity contribution < 1.29 is 9.53 Å². The van der Waals surface area contributed by atoms with Crippen LogP contribution < -0.4 is 5.73 Å². The van der Waals surface area contributed by atoms with E-state index in [1.165, 1.54) is 0 Å². The summed E-state index contributed by atoms with van der Waals surface area (Å²) in [7, 11) is 0. The summed E-state index contributed by atoms with van der Waals surface area (Å²) in [6, 6.07) is 7.29. The fourth-order valence-electron chi connectivity index (χ4n) is 2.65. The molecule has 0 aliphatic rings. The van der Waals surface area contributed by atoms with E-state index in [0.29, 0.717) is 17.8 Å². The minimum atomic E-state index is -1.21. The number of ether oxygens (including phenoxy) is 1. The van der Waals surface area contributed by atoms with Crippen LogP contribution in [-0.2, 0) is 15.1 Å². The molecule has 3 N–H and O–H groups in total. The first-order valence-electron chi connectivity index (χ1n) is 7.96. The quantitative estimate of drug-likeness (QED) is 0.815. The smallest absolute Gasteiger partial charge is 0.331 e. The maximum atomic E-state index is 12.7.